The second kappa shape index (κ2) is 11.3. The largest absolute Gasteiger partial charge is 0.354 e. The summed E-state index contributed by atoms with van der Waals surface area (Å²) in [4.78, 5) is 26.6. The Morgan fingerprint density at radius 1 is 1.00 bits per heavy atom. The molecule has 2 N–H and O–H groups in total. The fourth-order valence-corrected chi connectivity index (χ4v) is 5.44. The van der Waals surface area contributed by atoms with E-state index in [1.54, 1.807) is 24.7 Å². The van der Waals surface area contributed by atoms with Crippen molar-refractivity contribution in [2.24, 2.45) is 0 Å². The number of aromatic nitrogens is 5. The third kappa shape index (κ3) is 5.40. The Bertz CT molecular complexity index is 1630. The lowest BCUT2D eigenvalue weighted by atomic mass is 10.1. The first-order valence-corrected chi connectivity index (χ1v) is 13.9. The minimum Gasteiger partial charge on any atom is -0.354 e. The van der Waals surface area contributed by atoms with E-state index in [0.29, 0.717) is 28.0 Å². The molecule has 1 aliphatic heterocycles. The van der Waals surface area contributed by atoms with Gasteiger partial charge < -0.3 is 19.7 Å². The summed E-state index contributed by atoms with van der Waals surface area (Å²) < 4.78 is 2.01. The minimum atomic E-state index is -0.266. The molecule has 2 aromatic carbocycles. The molecule has 40 heavy (non-hydrogen) atoms. The molecule has 1 saturated heterocycles. The van der Waals surface area contributed by atoms with Crippen molar-refractivity contribution in [3.05, 3.63) is 88.3 Å². The Labute approximate surface area is 241 Å². The number of carbonyl (C=O) groups excluding carboxylic acids is 1. The van der Waals surface area contributed by atoms with Gasteiger partial charge in [0.25, 0.3) is 5.91 Å². The van der Waals surface area contributed by atoms with Gasteiger partial charge in [-0.2, -0.15) is 5.10 Å². The van der Waals surface area contributed by atoms with Crippen LogP contribution < -0.4 is 10.2 Å². The Kier molecular flexibility index (Phi) is 7.42. The summed E-state index contributed by atoms with van der Waals surface area (Å²) in [6.45, 7) is 7.64. The van der Waals surface area contributed by atoms with Gasteiger partial charge >= 0.3 is 0 Å². The van der Waals surface area contributed by atoms with Gasteiger partial charge in [-0.25, -0.2) is 9.97 Å². The smallest absolute Gasteiger partial charge is 0.258 e. The van der Waals surface area contributed by atoms with E-state index in [4.69, 9.17) is 23.2 Å². The lowest BCUT2D eigenvalue weighted by Crippen LogP contribution is -2.46. The molecule has 4 heterocycles. The van der Waals surface area contributed by atoms with Crippen molar-refractivity contribution in [2.45, 2.75) is 13.5 Å². The third-order valence-electron chi connectivity index (χ3n) is 7.30. The zero-order valence-electron chi connectivity index (χ0n) is 21.9. The van der Waals surface area contributed by atoms with Gasteiger partial charge in [-0.05, 0) is 42.9 Å². The molecule has 1 aliphatic rings. The van der Waals surface area contributed by atoms with E-state index in [9.17, 15) is 4.79 Å². The van der Waals surface area contributed by atoms with E-state index < -0.39 is 0 Å². The number of imidazole rings is 1. The maximum atomic E-state index is 12.9. The van der Waals surface area contributed by atoms with Crippen LogP contribution in [0.25, 0.3) is 22.3 Å². The van der Waals surface area contributed by atoms with Crippen LogP contribution in [-0.2, 0) is 6.54 Å². The molecule has 204 valence electrons. The highest BCUT2D eigenvalue weighted by Crippen LogP contribution is 2.28. The number of benzene rings is 2. The van der Waals surface area contributed by atoms with E-state index in [1.165, 1.54) is 0 Å². The van der Waals surface area contributed by atoms with E-state index in [2.05, 4.69) is 42.2 Å². The number of fused-ring (bicyclic) bond motifs is 1. The molecule has 1 fully saturated rings. The Hall–Kier alpha value is -3.92. The molecule has 6 rings (SSSR count). The predicted molar refractivity (Wildman–Crippen MR) is 159 cm³/mol. The zero-order valence-corrected chi connectivity index (χ0v) is 23.5. The lowest BCUT2D eigenvalue weighted by molar-refractivity contribution is 0.102. The maximum Gasteiger partial charge on any atom is 0.258 e. The average Bonchev–Trinajstić information content (AvgIpc) is 3.62. The molecular formula is C29H28Cl2N8O. The summed E-state index contributed by atoms with van der Waals surface area (Å²) in [5, 5.41) is 11.4. The molecule has 0 radical (unpaired) electrons. The van der Waals surface area contributed by atoms with Crippen LogP contribution in [-0.4, -0.2) is 68.3 Å². The van der Waals surface area contributed by atoms with Gasteiger partial charge in [-0.15, -0.1) is 0 Å². The number of hydrogen-bond donors (Lipinski definition) is 2. The van der Waals surface area contributed by atoms with Gasteiger partial charge in [0.05, 0.1) is 35.2 Å². The first-order chi connectivity index (χ1) is 19.5. The SMILES string of the molecule is CCN1CCN(c2ccc(C(=O)Nc3cc(-c4ccc5ncn(Cc6c(Cl)cccc6Cl)c5c4)[nH]n3)cn2)CC1. The van der Waals surface area contributed by atoms with Crippen LogP contribution >= 0.6 is 23.2 Å². The summed E-state index contributed by atoms with van der Waals surface area (Å²) in [6.07, 6.45) is 3.39. The van der Waals surface area contributed by atoms with Crippen molar-refractivity contribution in [3.8, 4) is 11.3 Å². The number of hydrogen-bond acceptors (Lipinski definition) is 6. The maximum absolute atomic E-state index is 12.9. The Balaban J connectivity index is 1.15. The number of piperazine rings is 1. The molecule has 0 unspecified atom stereocenters. The van der Waals surface area contributed by atoms with Gasteiger partial charge in [0.1, 0.15) is 5.82 Å². The molecule has 0 spiro atoms. The number of nitrogens with zero attached hydrogens (tertiary/aromatic N) is 6. The van der Waals surface area contributed by atoms with E-state index in [0.717, 1.165) is 66.4 Å². The van der Waals surface area contributed by atoms with E-state index in [-0.39, 0.29) is 5.91 Å². The highest BCUT2D eigenvalue weighted by molar-refractivity contribution is 6.36. The molecular weight excluding hydrogens is 547 g/mol. The molecule has 0 aliphatic carbocycles. The van der Waals surface area contributed by atoms with E-state index >= 15 is 0 Å². The van der Waals surface area contributed by atoms with Gasteiger partial charge in [0, 0.05) is 59.6 Å². The van der Waals surface area contributed by atoms with Crippen LogP contribution in [0.15, 0.2) is 67.1 Å². The molecule has 0 bridgehead atoms. The highest BCUT2D eigenvalue weighted by atomic mass is 35.5. The van der Waals surface area contributed by atoms with Crippen LogP contribution in [0.3, 0.4) is 0 Å². The minimum absolute atomic E-state index is 0.266. The zero-order chi connectivity index (χ0) is 27.6. The summed E-state index contributed by atoms with van der Waals surface area (Å²) in [7, 11) is 0. The van der Waals surface area contributed by atoms with Gasteiger partial charge in [-0.1, -0.05) is 42.3 Å². The Morgan fingerprint density at radius 2 is 1.80 bits per heavy atom. The number of carbonyl (C=O) groups is 1. The number of halogens is 2. The topological polar surface area (TPSA) is 95.0 Å². The number of rotatable bonds is 7. The first kappa shape index (κ1) is 26.3. The van der Waals surface area contributed by atoms with Crippen molar-refractivity contribution in [1.29, 1.82) is 0 Å². The fraction of sp³-hybridized carbons (Fsp3) is 0.241. The number of aromatic amines is 1. The van der Waals surface area contributed by atoms with Gasteiger partial charge in [0.2, 0.25) is 0 Å². The first-order valence-electron chi connectivity index (χ1n) is 13.2. The van der Waals surface area contributed by atoms with Crippen molar-refractivity contribution in [1.82, 2.24) is 29.6 Å². The average molecular weight is 576 g/mol. The van der Waals surface area contributed by atoms with Crippen LogP contribution in [0.1, 0.15) is 22.8 Å². The third-order valence-corrected chi connectivity index (χ3v) is 8.00. The molecule has 0 atom stereocenters. The molecule has 11 heteroatoms. The van der Waals surface area contributed by atoms with Crippen LogP contribution in [0, 0.1) is 0 Å². The number of anilines is 2. The quantitative estimate of drug-likeness (QED) is 0.264. The van der Waals surface area contributed by atoms with Crippen molar-refractivity contribution >= 4 is 51.8 Å². The van der Waals surface area contributed by atoms with Crippen LogP contribution in [0.4, 0.5) is 11.6 Å². The van der Waals surface area contributed by atoms with Crippen molar-refractivity contribution < 1.29 is 4.79 Å². The Morgan fingerprint density at radius 3 is 2.52 bits per heavy atom. The molecule has 3 aromatic heterocycles. The number of pyridine rings is 1. The lowest BCUT2D eigenvalue weighted by Gasteiger charge is -2.34. The van der Waals surface area contributed by atoms with Gasteiger partial charge in [0.15, 0.2) is 5.82 Å². The van der Waals surface area contributed by atoms with E-state index in [1.807, 2.05) is 47.0 Å². The van der Waals surface area contributed by atoms with Crippen molar-refractivity contribution in [3.63, 3.8) is 0 Å². The monoisotopic (exact) mass is 574 g/mol. The summed E-state index contributed by atoms with van der Waals surface area (Å²) in [5.74, 6) is 1.05. The van der Waals surface area contributed by atoms with Crippen LogP contribution in [0.5, 0.6) is 0 Å². The molecule has 1 amide bonds. The second-order valence-corrected chi connectivity index (χ2v) is 10.5. The van der Waals surface area contributed by atoms with Gasteiger partial charge in [-0.3, -0.25) is 9.89 Å². The predicted octanol–water partition coefficient (Wildman–Crippen LogP) is 5.57. The fourth-order valence-electron chi connectivity index (χ4n) is 4.93. The molecule has 9 nitrogen and oxygen atoms in total. The normalized spacial score (nSPS) is 14.1. The standard InChI is InChI=1S/C29H28Cl2N8O/c1-2-37-10-12-38(13-11-37)28-9-7-20(16-32-28)29(40)34-27-15-25(35-36-27)19-6-8-24-26(14-19)39(18-33-24)17-21-22(30)4-3-5-23(21)31/h3-9,14-16,18H,2,10-13,17H2,1H3,(H2,34,35,36,40). The number of nitrogens with one attached hydrogen (secondary N) is 2. The van der Waals surface area contributed by atoms with Crippen LogP contribution in [0.2, 0.25) is 10.0 Å². The van der Waals surface area contributed by atoms with Crippen molar-refractivity contribution in [2.75, 3.05) is 42.9 Å². The summed E-state index contributed by atoms with van der Waals surface area (Å²) >= 11 is 12.8. The number of H-pyrrole nitrogens is 1. The second-order valence-electron chi connectivity index (χ2n) is 9.72. The number of amides is 1. The molecule has 5 aromatic rings. The summed E-state index contributed by atoms with van der Waals surface area (Å²) in [5.41, 5.74) is 4.76. The highest BCUT2D eigenvalue weighted by Gasteiger charge is 2.18. The number of likely N-dealkylation sites (N-methyl/N-ethyl adjacent to an activating group) is 1. The summed E-state index contributed by atoms with van der Waals surface area (Å²) in [6, 6.07) is 16.9. The molecule has 0 saturated carbocycles.